The maximum absolute atomic E-state index is 9.11. The van der Waals surface area contributed by atoms with Crippen molar-refractivity contribution < 1.29 is 18.1 Å². The number of hydrazone groups is 1. The molecule has 1 aromatic carbocycles. The SMILES string of the molecule is COc1ccccc1C/C(N)=N/N.O=S(O)(O)=S. The molecule has 0 spiro atoms. The normalized spacial score (nSPS) is 11.4. The molecule has 0 aromatic heterocycles. The summed E-state index contributed by atoms with van der Waals surface area (Å²) in [5.41, 5.74) is 6.48. The highest BCUT2D eigenvalue weighted by Crippen LogP contribution is 2.17. The number of nitrogens with two attached hydrogens (primary N) is 2. The second kappa shape index (κ2) is 7.82. The zero-order valence-corrected chi connectivity index (χ0v) is 11.3. The predicted octanol–water partition coefficient (Wildman–Crippen LogP) is 0.147. The highest BCUT2D eigenvalue weighted by atomic mass is 32.9. The van der Waals surface area contributed by atoms with Crippen LogP contribution in [0.15, 0.2) is 29.4 Å². The van der Waals surface area contributed by atoms with Crippen LogP contribution >= 0.6 is 0 Å². The summed E-state index contributed by atoms with van der Waals surface area (Å²) in [7, 11) is -2.21. The van der Waals surface area contributed by atoms with Crippen LogP contribution in [-0.2, 0) is 26.7 Å². The van der Waals surface area contributed by atoms with Crippen molar-refractivity contribution >= 4 is 26.1 Å². The van der Waals surface area contributed by atoms with Crippen LogP contribution in [-0.4, -0.2) is 26.3 Å². The van der Waals surface area contributed by atoms with Crippen molar-refractivity contribution in [2.24, 2.45) is 16.7 Å². The summed E-state index contributed by atoms with van der Waals surface area (Å²) in [6.07, 6.45) is 0.514. The van der Waals surface area contributed by atoms with Gasteiger partial charge in [0.15, 0.2) is 0 Å². The van der Waals surface area contributed by atoms with Gasteiger partial charge in [-0.2, -0.15) is 9.31 Å². The number of benzene rings is 1. The van der Waals surface area contributed by atoms with Crippen LogP contribution in [0.4, 0.5) is 0 Å². The fourth-order valence-corrected chi connectivity index (χ4v) is 1.09. The van der Waals surface area contributed by atoms with Crippen LogP contribution in [0.5, 0.6) is 5.75 Å². The Labute approximate surface area is 110 Å². The summed E-state index contributed by atoms with van der Waals surface area (Å²) >= 11 is 3.47. The third kappa shape index (κ3) is 8.70. The predicted molar refractivity (Wildman–Crippen MR) is 73.3 cm³/mol. The summed E-state index contributed by atoms with van der Waals surface area (Å²) < 4.78 is 29.1. The molecule has 7 nitrogen and oxygen atoms in total. The van der Waals surface area contributed by atoms with Crippen molar-refractivity contribution in [3.63, 3.8) is 0 Å². The Hall–Kier alpha value is -1.42. The van der Waals surface area contributed by atoms with E-state index in [4.69, 9.17) is 29.6 Å². The zero-order valence-electron chi connectivity index (χ0n) is 9.65. The molecule has 1 aromatic rings. The van der Waals surface area contributed by atoms with Crippen molar-refractivity contribution in [3.05, 3.63) is 29.8 Å². The lowest BCUT2D eigenvalue weighted by Crippen LogP contribution is -2.17. The third-order valence-corrected chi connectivity index (χ3v) is 1.73. The number of hydrogen-bond acceptors (Lipinski definition) is 5. The standard InChI is InChI=1S/C9H13N3O.H2O3S2/c1-13-8-5-3-2-4-7(8)6-9(10)12-11;1-5(2,3)4/h2-5H,6,11H2,1H3,(H2,10,12);(H2,1,2,3,4). The summed E-state index contributed by atoms with van der Waals surface area (Å²) in [5.74, 6) is 6.23. The highest BCUT2D eigenvalue weighted by molar-refractivity contribution is 8.26. The lowest BCUT2D eigenvalue weighted by Gasteiger charge is -2.06. The van der Waals surface area contributed by atoms with Gasteiger partial charge in [0.1, 0.15) is 11.6 Å². The molecule has 18 heavy (non-hydrogen) atoms. The zero-order chi connectivity index (χ0) is 14.2. The molecule has 1 rings (SSSR count). The van der Waals surface area contributed by atoms with Crippen LogP contribution in [0.25, 0.3) is 0 Å². The number of ether oxygens (including phenoxy) is 1. The first-order valence-electron chi connectivity index (χ1n) is 4.62. The molecule has 0 aliphatic carbocycles. The first-order chi connectivity index (χ1) is 8.27. The van der Waals surface area contributed by atoms with Crippen LogP contribution in [0.3, 0.4) is 0 Å². The quantitative estimate of drug-likeness (QED) is 0.270. The van der Waals surface area contributed by atoms with Gasteiger partial charge in [0.2, 0.25) is 0 Å². The Bertz CT molecular complexity index is 494. The fraction of sp³-hybridized carbons (Fsp3) is 0.222. The summed E-state index contributed by atoms with van der Waals surface area (Å²) in [5, 5.41) is 3.40. The van der Waals surface area contributed by atoms with Gasteiger partial charge in [-0.15, -0.1) is 0 Å². The average Bonchev–Trinajstić information content (AvgIpc) is 2.27. The molecule has 0 saturated carbocycles. The summed E-state index contributed by atoms with van der Waals surface area (Å²) in [4.78, 5) is 0. The molecule has 0 saturated heterocycles. The van der Waals surface area contributed by atoms with Crippen LogP contribution in [0, 0.1) is 0 Å². The number of methoxy groups -OCH3 is 1. The van der Waals surface area contributed by atoms with E-state index in [1.807, 2.05) is 24.3 Å². The molecule has 0 fully saturated rings. The topological polar surface area (TPSA) is 131 Å². The van der Waals surface area contributed by atoms with Crippen LogP contribution in [0.2, 0.25) is 0 Å². The molecule has 0 radical (unpaired) electrons. The van der Waals surface area contributed by atoms with Gasteiger partial charge in [-0.05, 0) is 6.07 Å². The second-order valence-electron chi connectivity index (χ2n) is 3.06. The number of para-hydroxylation sites is 1. The van der Waals surface area contributed by atoms with Crippen molar-refractivity contribution in [1.29, 1.82) is 0 Å². The van der Waals surface area contributed by atoms with Crippen LogP contribution < -0.4 is 16.3 Å². The second-order valence-corrected chi connectivity index (χ2v) is 5.26. The summed E-state index contributed by atoms with van der Waals surface area (Å²) in [6.45, 7) is 0. The average molecular weight is 293 g/mol. The lowest BCUT2D eigenvalue weighted by atomic mass is 10.1. The van der Waals surface area contributed by atoms with Gasteiger partial charge in [0.25, 0.3) is 9.05 Å². The van der Waals surface area contributed by atoms with E-state index in [2.05, 4.69) is 16.3 Å². The Morgan fingerprint density at radius 2 is 2.00 bits per heavy atom. The molecule has 0 heterocycles. The van der Waals surface area contributed by atoms with Gasteiger partial charge in [-0.25, -0.2) is 0 Å². The first kappa shape index (κ1) is 16.6. The van der Waals surface area contributed by atoms with Gasteiger partial charge in [-0.3, -0.25) is 9.11 Å². The monoisotopic (exact) mass is 293 g/mol. The van der Waals surface area contributed by atoms with E-state index in [-0.39, 0.29) is 0 Å². The minimum atomic E-state index is -3.83. The molecule has 0 aliphatic rings. The van der Waals surface area contributed by atoms with Crippen LogP contribution in [0.1, 0.15) is 5.56 Å². The molecule has 102 valence electrons. The van der Waals surface area contributed by atoms with E-state index < -0.39 is 9.05 Å². The smallest absolute Gasteiger partial charge is 0.263 e. The minimum Gasteiger partial charge on any atom is -0.496 e. The van der Waals surface area contributed by atoms with Crippen molar-refractivity contribution in [2.75, 3.05) is 7.11 Å². The Morgan fingerprint density at radius 1 is 1.50 bits per heavy atom. The first-order valence-corrected chi connectivity index (χ1v) is 7.01. The van der Waals surface area contributed by atoms with E-state index in [0.29, 0.717) is 12.3 Å². The molecular formula is C9H15N3O4S2. The fourth-order valence-electron chi connectivity index (χ4n) is 1.09. The number of hydrogen-bond donors (Lipinski definition) is 4. The molecule has 0 bridgehead atoms. The van der Waals surface area contributed by atoms with E-state index in [0.717, 1.165) is 11.3 Å². The maximum atomic E-state index is 9.11. The third-order valence-electron chi connectivity index (χ3n) is 1.73. The molecule has 0 unspecified atom stereocenters. The maximum Gasteiger partial charge on any atom is 0.263 e. The number of rotatable bonds is 3. The van der Waals surface area contributed by atoms with Crippen molar-refractivity contribution in [3.8, 4) is 5.75 Å². The minimum absolute atomic E-state index is 0.393. The van der Waals surface area contributed by atoms with E-state index >= 15 is 0 Å². The van der Waals surface area contributed by atoms with Gasteiger partial charge in [-0.1, -0.05) is 18.2 Å². The van der Waals surface area contributed by atoms with Crippen molar-refractivity contribution in [2.45, 2.75) is 6.42 Å². The van der Waals surface area contributed by atoms with Gasteiger partial charge in [0.05, 0.1) is 7.11 Å². The highest BCUT2D eigenvalue weighted by Gasteiger charge is 2.02. The Morgan fingerprint density at radius 3 is 2.44 bits per heavy atom. The van der Waals surface area contributed by atoms with Crippen molar-refractivity contribution in [1.82, 2.24) is 0 Å². The largest absolute Gasteiger partial charge is 0.496 e. The molecular weight excluding hydrogens is 278 g/mol. The molecule has 0 atom stereocenters. The van der Waals surface area contributed by atoms with Gasteiger partial charge < -0.3 is 16.3 Å². The molecule has 0 amide bonds. The lowest BCUT2D eigenvalue weighted by molar-refractivity contribution is 0.411. The Balaban J connectivity index is 0.000000494. The Kier molecular flexibility index (Phi) is 7.20. The number of amidine groups is 1. The van der Waals surface area contributed by atoms with E-state index in [9.17, 15) is 0 Å². The molecule has 6 N–H and O–H groups in total. The van der Waals surface area contributed by atoms with E-state index in [1.54, 1.807) is 7.11 Å². The number of nitrogens with zero attached hydrogens (tertiary/aromatic N) is 1. The van der Waals surface area contributed by atoms with Gasteiger partial charge >= 0.3 is 0 Å². The van der Waals surface area contributed by atoms with E-state index in [1.165, 1.54) is 0 Å². The summed E-state index contributed by atoms with van der Waals surface area (Å²) in [6, 6.07) is 7.62. The molecule has 0 aliphatic heterocycles. The molecule has 9 heteroatoms. The van der Waals surface area contributed by atoms with Gasteiger partial charge in [0, 0.05) is 23.2 Å².